The summed E-state index contributed by atoms with van der Waals surface area (Å²) in [5, 5.41) is 9.59. The Morgan fingerprint density at radius 2 is 1.73 bits per heavy atom. The van der Waals surface area contributed by atoms with Crippen molar-refractivity contribution in [3.8, 4) is 5.75 Å². The van der Waals surface area contributed by atoms with Crippen LogP contribution in [0.1, 0.15) is 86.6 Å². The monoisotopic (exact) mass is 455 g/mol. The summed E-state index contributed by atoms with van der Waals surface area (Å²) in [5.41, 5.74) is 1.14. The van der Waals surface area contributed by atoms with Crippen LogP contribution in [0.25, 0.3) is 0 Å². The molecule has 1 N–H and O–H groups in total. The molecule has 0 radical (unpaired) electrons. The van der Waals surface area contributed by atoms with Crippen molar-refractivity contribution in [2.75, 3.05) is 13.2 Å². The van der Waals surface area contributed by atoms with Gasteiger partial charge in [0, 0.05) is 18.0 Å². The van der Waals surface area contributed by atoms with Crippen LogP contribution >= 0.6 is 0 Å². The fraction of sp³-hybridized carbons (Fsp3) is 0.704. The average Bonchev–Trinajstić information content (AvgIpc) is 3.51. The summed E-state index contributed by atoms with van der Waals surface area (Å²) in [6.45, 7) is 2.83. The average molecular weight is 456 g/mol. The van der Waals surface area contributed by atoms with Crippen molar-refractivity contribution < 1.29 is 23.8 Å². The maximum Gasteiger partial charge on any atom is 0.326 e. The van der Waals surface area contributed by atoms with E-state index in [9.17, 15) is 14.7 Å². The van der Waals surface area contributed by atoms with Crippen molar-refractivity contribution in [2.24, 2.45) is 29.1 Å². The van der Waals surface area contributed by atoms with Crippen LogP contribution in [-0.2, 0) is 4.79 Å². The molecule has 6 aliphatic rings. The van der Waals surface area contributed by atoms with Crippen LogP contribution in [0, 0.1) is 34.9 Å². The highest BCUT2D eigenvalue weighted by atomic mass is 19.1. The molecular weight excluding hydrogens is 421 g/mol. The maximum absolute atomic E-state index is 15.3. The van der Waals surface area contributed by atoms with E-state index in [-0.39, 0.29) is 16.9 Å². The molecule has 178 valence electrons. The summed E-state index contributed by atoms with van der Waals surface area (Å²) in [6.07, 6.45) is 10.5. The standard InChI is InChI=1S/C27H34FNO4/c1-15-4-5-29(24(15)26(31)32)25(30)21-9-20(19-2-3-19)23(10-22(21)28)33-14-27-11-16-6-17(12-27)8-18(7-16)13-27/h9-10,15-19,24H,2-8,11-14H2,1H3,(H,31,32). The number of ether oxygens (including phenoxy) is 1. The van der Waals surface area contributed by atoms with Gasteiger partial charge in [0.2, 0.25) is 0 Å². The maximum atomic E-state index is 15.3. The molecule has 2 unspecified atom stereocenters. The summed E-state index contributed by atoms with van der Waals surface area (Å²) in [4.78, 5) is 26.3. The summed E-state index contributed by atoms with van der Waals surface area (Å²) in [6, 6.07) is 2.16. The third-order valence-corrected chi connectivity index (χ3v) is 9.26. The second-order valence-electron chi connectivity index (χ2n) is 11.9. The highest BCUT2D eigenvalue weighted by Crippen LogP contribution is 2.60. The van der Waals surface area contributed by atoms with Gasteiger partial charge in [-0.25, -0.2) is 9.18 Å². The Hall–Kier alpha value is -2.11. The van der Waals surface area contributed by atoms with E-state index in [1.54, 1.807) is 6.07 Å². The lowest BCUT2D eigenvalue weighted by molar-refractivity contribution is -0.142. The first kappa shape index (κ1) is 21.4. The largest absolute Gasteiger partial charge is 0.493 e. The molecule has 1 heterocycles. The topological polar surface area (TPSA) is 66.8 Å². The smallest absolute Gasteiger partial charge is 0.326 e. The summed E-state index contributed by atoms with van der Waals surface area (Å²) < 4.78 is 21.6. The molecule has 1 aliphatic heterocycles. The number of rotatable bonds is 6. The van der Waals surface area contributed by atoms with Gasteiger partial charge >= 0.3 is 5.97 Å². The quantitative estimate of drug-likeness (QED) is 0.638. The van der Waals surface area contributed by atoms with Crippen molar-refractivity contribution in [3.63, 3.8) is 0 Å². The lowest BCUT2D eigenvalue weighted by Gasteiger charge is -2.56. The van der Waals surface area contributed by atoms with Crippen molar-refractivity contribution in [2.45, 2.75) is 76.7 Å². The summed E-state index contributed by atoms with van der Waals surface area (Å²) in [5.74, 6) is 1.13. The van der Waals surface area contributed by atoms with E-state index in [1.807, 2.05) is 6.92 Å². The van der Waals surface area contributed by atoms with Crippen molar-refractivity contribution in [1.82, 2.24) is 4.90 Å². The second kappa shape index (κ2) is 7.71. The van der Waals surface area contributed by atoms with Crippen LogP contribution in [0.3, 0.4) is 0 Å². The molecule has 0 aromatic heterocycles. The normalized spacial score (nSPS) is 36.9. The number of nitrogens with zero attached hydrogens (tertiary/aromatic N) is 1. The molecule has 1 aromatic carbocycles. The first-order valence-electron chi connectivity index (χ1n) is 12.8. The number of hydrogen-bond donors (Lipinski definition) is 1. The van der Waals surface area contributed by atoms with E-state index in [0.29, 0.717) is 31.2 Å². The lowest BCUT2D eigenvalue weighted by atomic mass is 9.50. The van der Waals surface area contributed by atoms with E-state index < -0.39 is 23.7 Å². The third-order valence-electron chi connectivity index (χ3n) is 9.26. The van der Waals surface area contributed by atoms with Crippen molar-refractivity contribution in [3.05, 3.63) is 29.1 Å². The number of carbonyl (C=O) groups excluding carboxylic acids is 1. The van der Waals surface area contributed by atoms with Gasteiger partial charge in [0.05, 0.1) is 12.2 Å². The van der Waals surface area contributed by atoms with Crippen LogP contribution in [0.15, 0.2) is 12.1 Å². The molecule has 6 heteroatoms. The molecule has 33 heavy (non-hydrogen) atoms. The van der Waals surface area contributed by atoms with Crippen LogP contribution < -0.4 is 4.74 Å². The number of carboxylic acids is 1. The molecule has 4 bridgehead atoms. The van der Waals surface area contributed by atoms with Gasteiger partial charge in [0.15, 0.2) is 0 Å². The van der Waals surface area contributed by atoms with Gasteiger partial charge in [0.25, 0.3) is 5.91 Å². The molecule has 1 amide bonds. The van der Waals surface area contributed by atoms with Crippen molar-refractivity contribution in [1.29, 1.82) is 0 Å². The number of hydrogen-bond acceptors (Lipinski definition) is 3. The zero-order valence-electron chi connectivity index (χ0n) is 19.4. The van der Waals surface area contributed by atoms with E-state index in [2.05, 4.69) is 0 Å². The predicted molar refractivity (Wildman–Crippen MR) is 121 cm³/mol. The van der Waals surface area contributed by atoms with Gasteiger partial charge in [-0.1, -0.05) is 6.92 Å². The van der Waals surface area contributed by atoms with E-state index in [4.69, 9.17) is 4.74 Å². The molecular formula is C27H34FNO4. The zero-order chi connectivity index (χ0) is 22.9. The number of carbonyl (C=O) groups is 2. The first-order valence-corrected chi connectivity index (χ1v) is 12.8. The number of carboxylic acid groups (broad SMARTS) is 1. The van der Waals surface area contributed by atoms with E-state index >= 15 is 4.39 Å². The molecule has 6 fully saturated rings. The number of benzene rings is 1. The SMILES string of the molecule is CC1CCN(C(=O)c2cc(C3CC3)c(OCC34CC5CC(CC(C5)C3)C4)cc2F)C1C(=O)O. The van der Waals surface area contributed by atoms with E-state index in [1.165, 1.54) is 49.5 Å². The van der Waals surface area contributed by atoms with Crippen LogP contribution in [0.5, 0.6) is 5.75 Å². The van der Waals surface area contributed by atoms with Gasteiger partial charge in [-0.15, -0.1) is 0 Å². The fourth-order valence-electron chi connectivity index (χ4n) is 7.98. The number of aliphatic carboxylic acids is 1. The Labute approximate surface area is 194 Å². The second-order valence-corrected chi connectivity index (χ2v) is 11.9. The molecule has 7 rings (SSSR count). The van der Waals surface area contributed by atoms with Gasteiger partial charge in [0.1, 0.15) is 17.6 Å². The van der Waals surface area contributed by atoms with Crippen molar-refractivity contribution >= 4 is 11.9 Å². The molecule has 1 saturated heterocycles. The number of amides is 1. The fourth-order valence-corrected chi connectivity index (χ4v) is 7.98. The Bertz CT molecular complexity index is 951. The molecule has 2 atom stereocenters. The molecule has 5 saturated carbocycles. The first-order chi connectivity index (χ1) is 15.8. The Balaban J connectivity index is 1.24. The molecule has 5 aliphatic carbocycles. The van der Waals surface area contributed by atoms with Gasteiger partial charge in [-0.05, 0) is 99.0 Å². The Morgan fingerprint density at radius 1 is 1.09 bits per heavy atom. The molecule has 1 aromatic rings. The molecule has 5 nitrogen and oxygen atoms in total. The van der Waals surface area contributed by atoms with Gasteiger partial charge in [-0.2, -0.15) is 0 Å². The minimum atomic E-state index is -1.02. The minimum absolute atomic E-state index is 0.0144. The zero-order valence-corrected chi connectivity index (χ0v) is 19.4. The van der Waals surface area contributed by atoms with Crippen LogP contribution in [-0.4, -0.2) is 41.1 Å². The third kappa shape index (κ3) is 3.74. The van der Waals surface area contributed by atoms with Crippen LogP contribution in [0.4, 0.5) is 4.39 Å². The van der Waals surface area contributed by atoms with Gasteiger partial charge < -0.3 is 14.7 Å². The Morgan fingerprint density at radius 3 is 2.30 bits per heavy atom. The number of likely N-dealkylation sites (tertiary alicyclic amines) is 1. The van der Waals surface area contributed by atoms with Gasteiger partial charge in [-0.3, -0.25) is 4.79 Å². The minimum Gasteiger partial charge on any atom is -0.493 e. The van der Waals surface area contributed by atoms with E-state index in [0.717, 1.165) is 36.2 Å². The lowest BCUT2D eigenvalue weighted by Crippen LogP contribution is -2.48. The molecule has 0 spiro atoms. The highest BCUT2D eigenvalue weighted by Gasteiger charge is 2.51. The number of halogens is 1. The predicted octanol–water partition coefficient (Wildman–Crippen LogP) is 5.23. The highest BCUT2D eigenvalue weighted by molar-refractivity contribution is 5.97. The summed E-state index contributed by atoms with van der Waals surface area (Å²) in [7, 11) is 0. The summed E-state index contributed by atoms with van der Waals surface area (Å²) >= 11 is 0. The van der Waals surface area contributed by atoms with Crippen LogP contribution in [0.2, 0.25) is 0 Å². The Kier molecular flexibility index (Phi) is 5.00.